The molecule has 0 fully saturated rings. The molecule has 94 valence electrons. The van der Waals surface area contributed by atoms with Gasteiger partial charge >= 0.3 is 0 Å². The minimum absolute atomic E-state index is 0.00217. The van der Waals surface area contributed by atoms with Gasteiger partial charge in [-0.1, -0.05) is 13.8 Å². The highest BCUT2D eigenvalue weighted by atomic mass is 35.5. The lowest BCUT2D eigenvalue weighted by atomic mass is 10.1. The molecule has 0 aromatic carbocycles. The van der Waals surface area contributed by atoms with E-state index in [1.807, 2.05) is 20.8 Å². The van der Waals surface area contributed by atoms with E-state index in [1.165, 1.54) is 0 Å². The Morgan fingerprint density at radius 1 is 1.47 bits per heavy atom. The van der Waals surface area contributed by atoms with Crippen LogP contribution in [0.2, 0.25) is 0 Å². The summed E-state index contributed by atoms with van der Waals surface area (Å²) in [6.45, 7) is 5.77. The Morgan fingerprint density at radius 3 is 2.71 bits per heavy atom. The molecular weight excluding hydrogens is 238 g/mol. The number of hydrogen-bond acceptors (Lipinski definition) is 3. The average Bonchev–Trinajstić information content (AvgIpc) is 2.35. The van der Waals surface area contributed by atoms with Gasteiger partial charge in [0.2, 0.25) is 0 Å². The molecule has 17 heavy (non-hydrogen) atoms. The number of amides is 1. The van der Waals surface area contributed by atoms with E-state index in [0.29, 0.717) is 17.9 Å². The molecule has 1 atom stereocenters. The van der Waals surface area contributed by atoms with Crippen LogP contribution in [0, 0.1) is 6.92 Å². The van der Waals surface area contributed by atoms with E-state index in [1.54, 1.807) is 6.07 Å². The second-order valence-corrected chi connectivity index (χ2v) is 4.24. The molecule has 1 amide bonds. The van der Waals surface area contributed by atoms with E-state index in [2.05, 4.69) is 15.5 Å². The molecule has 0 bridgehead atoms. The van der Waals surface area contributed by atoms with E-state index in [-0.39, 0.29) is 11.9 Å². The van der Waals surface area contributed by atoms with E-state index in [0.717, 1.165) is 17.8 Å². The SMILES string of the molecule is CCc1nnc(C)cc1C(=O)NC(CC)CCl. The quantitative estimate of drug-likeness (QED) is 0.820. The Labute approximate surface area is 107 Å². The third kappa shape index (κ3) is 3.66. The van der Waals surface area contributed by atoms with Crippen molar-refractivity contribution in [2.24, 2.45) is 0 Å². The van der Waals surface area contributed by atoms with E-state index < -0.39 is 0 Å². The van der Waals surface area contributed by atoms with Crippen LogP contribution in [0.15, 0.2) is 6.07 Å². The van der Waals surface area contributed by atoms with Crippen LogP contribution >= 0.6 is 11.6 Å². The normalized spacial score (nSPS) is 12.2. The summed E-state index contributed by atoms with van der Waals surface area (Å²) in [5.74, 6) is 0.300. The van der Waals surface area contributed by atoms with Crippen LogP contribution in [-0.4, -0.2) is 28.0 Å². The number of carbonyl (C=O) groups is 1. The summed E-state index contributed by atoms with van der Waals surface area (Å²) in [6.07, 6.45) is 1.50. The summed E-state index contributed by atoms with van der Waals surface area (Å²) < 4.78 is 0. The predicted octanol–water partition coefficient (Wildman–Crippen LogP) is 2.09. The zero-order valence-corrected chi connectivity index (χ0v) is 11.2. The second kappa shape index (κ2) is 6.55. The van der Waals surface area contributed by atoms with Crippen molar-refractivity contribution in [2.45, 2.75) is 39.7 Å². The Hall–Kier alpha value is -1.16. The highest BCUT2D eigenvalue weighted by molar-refractivity contribution is 6.18. The van der Waals surface area contributed by atoms with Gasteiger partial charge in [-0.15, -0.1) is 11.6 Å². The fourth-order valence-electron chi connectivity index (χ4n) is 1.48. The molecule has 0 aliphatic rings. The molecule has 1 aromatic rings. The summed E-state index contributed by atoms with van der Waals surface area (Å²) in [4.78, 5) is 12.1. The first kappa shape index (κ1) is 13.9. The van der Waals surface area contributed by atoms with Crippen molar-refractivity contribution in [3.63, 3.8) is 0 Å². The molecule has 0 saturated heterocycles. The topological polar surface area (TPSA) is 54.9 Å². The maximum Gasteiger partial charge on any atom is 0.253 e. The molecule has 1 N–H and O–H groups in total. The third-order valence-electron chi connectivity index (χ3n) is 2.59. The monoisotopic (exact) mass is 255 g/mol. The van der Waals surface area contributed by atoms with E-state index in [4.69, 9.17) is 11.6 Å². The molecule has 4 nitrogen and oxygen atoms in total. The summed E-state index contributed by atoms with van der Waals surface area (Å²) in [6, 6.07) is 1.77. The standard InChI is InChI=1S/C12H18ClN3O/c1-4-9(7-13)14-12(17)10-6-8(3)15-16-11(10)5-2/h6,9H,4-5,7H2,1-3H3,(H,14,17). The summed E-state index contributed by atoms with van der Waals surface area (Å²) in [5.41, 5.74) is 2.06. The van der Waals surface area contributed by atoms with Gasteiger partial charge in [0.25, 0.3) is 5.91 Å². The van der Waals surface area contributed by atoms with Gasteiger partial charge < -0.3 is 5.32 Å². The van der Waals surface area contributed by atoms with Crippen molar-refractivity contribution in [3.05, 3.63) is 23.0 Å². The molecule has 0 radical (unpaired) electrons. The number of halogens is 1. The van der Waals surface area contributed by atoms with Gasteiger partial charge in [0.1, 0.15) is 0 Å². The van der Waals surface area contributed by atoms with Crippen LogP contribution in [0.25, 0.3) is 0 Å². The van der Waals surface area contributed by atoms with Crippen LogP contribution in [0.3, 0.4) is 0 Å². The number of rotatable bonds is 5. The highest BCUT2D eigenvalue weighted by Crippen LogP contribution is 2.08. The van der Waals surface area contributed by atoms with E-state index in [9.17, 15) is 4.79 Å². The van der Waals surface area contributed by atoms with Gasteiger partial charge in [-0.05, 0) is 25.8 Å². The highest BCUT2D eigenvalue weighted by Gasteiger charge is 2.15. The summed E-state index contributed by atoms with van der Waals surface area (Å²) in [5, 5.41) is 10.9. The van der Waals surface area contributed by atoms with Crippen molar-refractivity contribution in [2.75, 3.05) is 5.88 Å². The van der Waals surface area contributed by atoms with Gasteiger partial charge in [-0.2, -0.15) is 10.2 Å². The Bertz CT molecular complexity index is 391. The molecule has 0 aliphatic heterocycles. The Balaban J connectivity index is 2.90. The fourth-order valence-corrected chi connectivity index (χ4v) is 1.78. The zero-order chi connectivity index (χ0) is 12.8. The lowest BCUT2D eigenvalue weighted by Crippen LogP contribution is -2.36. The number of nitrogens with zero attached hydrogens (tertiary/aromatic N) is 2. The van der Waals surface area contributed by atoms with Crippen molar-refractivity contribution >= 4 is 17.5 Å². The molecule has 1 unspecified atom stereocenters. The smallest absolute Gasteiger partial charge is 0.253 e. The molecule has 0 spiro atoms. The fraction of sp³-hybridized carbons (Fsp3) is 0.583. The molecule has 0 aliphatic carbocycles. The first-order valence-corrected chi connectivity index (χ1v) is 6.35. The van der Waals surface area contributed by atoms with Crippen molar-refractivity contribution in [1.29, 1.82) is 0 Å². The number of hydrogen-bond donors (Lipinski definition) is 1. The molecular formula is C12H18ClN3O. The molecule has 1 rings (SSSR count). The number of carbonyl (C=O) groups excluding carboxylic acids is 1. The van der Waals surface area contributed by atoms with Crippen LogP contribution in [0.5, 0.6) is 0 Å². The maximum atomic E-state index is 12.1. The predicted molar refractivity (Wildman–Crippen MR) is 68.4 cm³/mol. The lowest BCUT2D eigenvalue weighted by molar-refractivity contribution is 0.0938. The molecule has 0 saturated carbocycles. The minimum Gasteiger partial charge on any atom is -0.348 e. The van der Waals surface area contributed by atoms with Crippen LogP contribution in [0.4, 0.5) is 0 Å². The number of aromatic nitrogens is 2. The maximum absolute atomic E-state index is 12.1. The molecule has 5 heteroatoms. The zero-order valence-electron chi connectivity index (χ0n) is 10.5. The summed E-state index contributed by atoms with van der Waals surface area (Å²) in [7, 11) is 0. The van der Waals surface area contributed by atoms with Gasteiger partial charge in [0.15, 0.2) is 0 Å². The largest absolute Gasteiger partial charge is 0.348 e. The van der Waals surface area contributed by atoms with Crippen molar-refractivity contribution in [1.82, 2.24) is 15.5 Å². The Morgan fingerprint density at radius 2 is 2.18 bits per heavy atom. The van der Waals surface area contributed by atoms with Gasteiger partial charge in [-0.25, -0.2) is 0 Å². The third-order valence-corrected chi connectivity index (χ3v) is 2.96. The van der Waals surface area contributed by atoms with Gasteiger partial charge in [-0.3, -0.25) is 4.79 Å². The summed E-state index contributed by atoms with van der Waals surface area (Å²) >= 11 is 5.76. The van der Waals surface area contributed by atoms with Crippen LogP contribution in [-0.2, 0) is 6.42 Å². The first-order valence-electron chi connectivity index (χ1n) is 5.82. The van der Waals surface area contributed by atoms with Crippen LogP contribution < -0.4 is 5.32 Å². The molecule has 1 aromatic heterocycles. The average molecular weight is 256 g/mol. The number of alkyl halides is 1. The minimum atomic E-state index is -0.118. The van der Waals surface area contributed by atoms with Gasteiger partial charge in [0, 0.05) is 11.9 Å². The second-order valence-electron chi connectivity index (χ2n) is 3.93. The number of nitrogens with one attached hydrogen (secondary N) is 1. The van der Waals surface area contributed by atoms with Crippen molar-refractivity contribution in [3.8, 4) is 0 Å². The first-order chi connectivity index (χ1) is 8.12. The lowest BCUT2D eigenvalue weighted by Gasteiger charge is -2.15. The van der Waals surface area contributed by atoms with Gasteiger partial charge in [0.05, 0.1) is 17.0 Å². The Kier molecular flexibility index (Phi) is 5.35. The number of aryl methyl sites for hydroxylation is 2. The van der Waals surface area contributed by atoms with Crippen molar-refractivity contribution < 1.29 is 4.79 Å². The molecule has 1 heterocycles. The van der Waals surface area contributed by atoms with E-state index >= 15 is 0 Å². The van der Waals surface area contributed by atoms with Crippen LogP contribution in [0.1, 0.15) is 42.0 Å².